The number of amides is 1. The molecule has 1 atom stereocenters. The van der Waals surface area contributed by atoms with Gasteiger partial charge in [0, 0.05) is 32.0 Å². The minimum absolute atomic E-state index is 0.341. The predicted octanol–water partition coefficient (Wildman–Crippen LogP) is 1.65. The van der Waals surface area contributed by atoms with E-state index >= 15 is 0 Å². The number of nitrogens with one attached hydrogen (secondary N) is 1. The maximum Gasteiger partial charge on any atom is 0.222 e. The predicted molar refractivity (Wildman–Crippen MR) is 76.0 cm³/mol. The standard InChI is InChI=1S/C15H28N2O2/c1-2-17(11-14-7-10-19-12-14)15(18)4-3-13-5-8-16-9-6-13/h13-14,16H,2-12H2,1H3. The Labute approximate surface area is 116 Å². The summed E-state index contributed by atoms with van der Waals surface area (Å²) in [6.07, 6.45) is 5.37. The summed E-state index contributed by atoms with van der Waals surface area (Å²) in [5.74, 6) is 1.65. The number of piperidine rings is 1. The van der Waals surface area contributed by atoms with Crippen LogP contribution in [0, 0.1) is 11.8 Å². The lowest BCUT2D eigenvalue weighted by molar-refractivity contribution is -0.132. The maximum atomic E-state index is 12.3. The summed E-state index contributed by atoms with van der Waals surface area (Å²) in [7, 11) is 0. The van der Waals surface area contributed by atoms with Gasteiger partial charge in [-0.1, -0.05) is 0 Å². The largest absolute Gasteiger partial charge is 0.381 e. The molecule has 1 amide bonds. The van der Waals surface area contributed by atoms with Crippen molar-refractivity contribution >= 4 is 5.91 Å². The second kappa shape index (κ2) is 7.85. The summed E-state index contributed by atoms with van der Waals surface area (Å²) in [6, 6.07) is 0. The van der Waals surface area contributed by atoms with E-state index in [-0.39, 0.29) is 0 Å². The molecule has 19 heavy (non-hydrogen) atoms. The smallest absolute Gasteiger partial charge is 0.222 e. The van der Waals surface area contributed by atoms with Gasteiger partial charge in [0.25, 0.3) is 0 Å². The van der Waals surface area contributed by atoms with Crippen molar-refractivity contribution in [1.29, 1.82) is 0 Å². The average Bonchev–Trinajstić information content (AvgIpc) is 2.96. The van der Waals surface area contributed by atoms with Gasteiger partial charge in [0.15, 0.2) is 0 Å². The second-order valence-electron chi connectivity index (χ2n) is 5.89. The molecule has 2 aliphatic heterocycles. The van der Waals surface area contributed by atoms with Crippen molar-refractivity contribution in [3.8, 4) is 0 Å². The molecule has 0 spiro atoms. The highest BCUT2D eigenvalue weighted by atomic mass is 16.5. The molecule has 0 radical (unpaired) electrons. The van der Waals surface area contributed by atoms with Gasteiger partial charge in [-0.25, -0.2) is 0 Å². The minimum atomic E-state index is 0.341. The minimum Gasteiger partial charge on any atom is -0.381 e. The van der Waals surface area contributed by atoms with Crippen LogP contribution in [0.2, 0.25) is 0 Å². The van der Waals surface area contributed by atoms with E-state index in [0.29, 0.717) is 11.8 Å². The summed E-state index contributed by atoms with van der Waals surface area (Å²) in [6.45, 7) is 7.75. The molecule has 2 aliphatic rings. The van der Waals surface area contributed by atoms with Crippen molar-refractivity contribution in [2.24, 2.45) is 11.8 Å². The Bertz CT molecular complexity index is 271. The van der Waals surface area contributed by atoms with Gasteiger partial charge in [-0.05, 0) is 51.6 Å². The molecule has 0 bridgehead atoms. The van der Waals surface area contributed by atoms with E-state index in [0.717, 1.165) is 64.6 Å². The van der Waals surface area contributed by atoms with Crippen molar-refractivity contribution in [2.75, 3.05) is 39.4 Å². The van der Waals surface area contributed by atoms with Crippen LogP contribution in [0.25, 0.3) is 0 Å². The molecule has 0 aromatic heterocycles. The lowest BCUT2D eigenvalue weighted by atomic mass is 9.93. The van der Waals surface area contributed by atoms with Crippen LogP contribution in [-0.4, -0.2) is 50.2 Å². The number of ether oxygens (including phenoxy) is 1. The highest BCUT2D eigenvalue weighted by Gasteiger charge is 2.22. The first-order valence-corrected chi connectivity index (χ1v) is 7.85. The number of hydrogen-bond donors (Lipinski definition) is 1. The fourth-order valence-electron chi connectivity index (χ4n) is 3.10. The van der Waals surface area contributed by atoms with E-state index in [1.807, 2.05) is 4.90 Å². The van der Waals surface area contributed by atoms with E-state index < -0.39 is 0 Å². The highest BCUT2D eigenvalue weighted by Crippen LogP contribution is 2.19. The van der Waals surface area contributed by atoms with Gasteiger partial charge in [0.2, 0.25) is 5.91 Å². The lowest BCUT2D eigenvalue weighted by Crippen LogP contribution is -2.36. The zero-order valence-electron chi connectivity index (χ0n) is 12.2. The molecular weight excluding hydrogens is 240 g/mol. The van der Waals surface area contributed by atoms with Crippen molar-refractivity contribution in [1.82, 2.24) is 10.2 Å². The van der Waals surface area contributed by atoms with Crippen LogP contribution < -0.4 is 5.32 Å². The quantitative estimate of drug-likeness (QED) is 0.796. The normalized spacial score (nSPS) is 24.6. The molecule has 2 heterocycles. The first-order valence-electron chi connectivity index (χ1n) is 7.85. The molecule has 2 saturated heterocycles. The van der Waals surface area contributed by atoms with Crippen LogP contribution in [0.5, 0.6) is 0 Å². The van der Waals surface area contributed by atoms with E-state index in [1.54, 1.807) is 0 Å². The van der Waals surface area contributed by atoms with Crippen molar-refractivity contribution in [3.05, 3.63) is 0 Å². The molecule has 0 aromatic carbocycles. The average molecular weight is 268 g/mol. The van der Waals surface area contributed by atoms with Gasteiger partial charge < -0.3 is 15.0 Å². The molecule has 0 saturated carbocycles. The molecule has 1 unspecified atom stereocenters. The Morgan fingerprint density at radius 3 is 2.68 bits per heavy atom. The van der Waals surface area contributed by atoms with Crippen molar-refractivity contribution in [3.63, 3.8) is 0 Å². The van der Waals surface area contributed by atoms with E-state index in [9.17, 15) is 4.79 Å². The Hall–Kier alpha value is -0.610. The number of nitrogens with zero attached hydrogens (tertiary/aromatic N) is 1. The third-order valence-corrected chi connectivity index (χ3v) is 4.46. The van der Waals surface area contributed by atoms with Crippen molar-refractivity contribution in [2.45, 2.75) is 39.0 Å². The van der Waals surface area contributed by atoms with Crippen molar-refractivity contribution < 1.29 is 9.53 Å². The van der Waals surface area contributed by atoms with Gasteiger partial charge in [0.1, 0.15) is 0 Å². The molecule has 0 aromatic rings. The van der Waals surface area contributed by atoms with Crippen LogP contribution >= 0.6 is 0 Å². The lowest BCUT2D eigenvalue weighted by Gasteiger charge is -2.26. The molecule has 2 rings (SSSR count). The zero-order chi connectivity index (χ0) is 13.5. The fraction of sp³-hybridized carbons (Fsp3) is 0.933. The van der Waals surface area contributed by atoms with Gasteiger partial charge in [-0.3, -0.25) is 4.79 Å². The third-order valence-electron chi connectivity index (χ3n) is 4.46. The van der Waals surface area contributed by atoms with E-state index in [1.165, 1.54) is 12.8 Å². The second-order valence-corrected chi connectivity index (χ2v) is 5.89. The van der Waals surface area contributed by atoms with Gasteiger partial charge in [-0.2, -0.15) is 0 Å². The molecule has 1 N–H and O–H groups in total. The molecular formula is C15H28N2O2. The Morgan fingerprint density at radius 2 is 2.05 bits per heavy atom. The first-order chi connectivity index (χ1) is 9.29. The van der Waals surface area contributed by atoms with Crippen LogP contribution in [0.4, 0.5) is 0 Å². The summed E-state index contributed by atoms with van der Waals surface area (Å²) in [4.78, 5) is 14.3. The van der Waals surface area contributed by atoms with Crippen LogP contribution in [0.1, 0.15) is 39.0 Å². The topological polar surface area (TPSA) is 41.6 Å². The maximum absolute atomic E-state index is 12.3. The van der Waals surface area contributed by atoms with Gasteiger partial charge in [0.05, 0.1) is 6.61 Å². The zero-order valence-corrected chi connectivity index (χ0v) is 12.2. The van der Waals surface area contributed by atoms with E-state index in [2.05, 4.69) is 12.2 Å². The van der Waals surface area contributed by atoms with Crippen LogP contribution in [-0.2, 0) is 9.53 Å². The van der Waals surface area contributed by atoms with E-state index in [4.69, 9.17) is 4.74 Å². The Morgan fingerprint density at radius 1 is 1.26 bits per heavy atom. The van der Waals surface area contributed by atoms with Gasteiger partial charge >= 0.3 is 0 Å². The van der Waals surface area contributed by atoms with Crippen LogP contribution in [0.3, 0.4) is 0 Å². The monoisotopic (exact) mass is 268 g/mol. The summed E-state index contributed by atoms with van der Waals surface area (Å²) in [5.41, 5.74) is 0. The molecule has 4 nitrogen and oxygen atoms in total. The van der Waals surface area contributed by atoms with Gasteiger partial charge in [-0.15, -0.1) is 0 Å². The molecule has 110 valence electrons. The molecule has 0 aliphatic carbocycles. The highest BCUT2D eigenvalue weighted by molar-refractivity contribution is 5.76. The summed E-state index contributed by atoms with van der Waals surface area (Å²) in [5, 5.41) is 3.38. The fourth-order valence-corrected chi connectivity index (χ4v) is 3.10. The summed E-state index contributed by atoms with van der Waals surface area (Å²) < 4.78 is 5.39. The Balaban J connectivity index is 1.69. The Kier molecular flexibility index (Phi) is 6.11. The first kappa shape index (κ1) is 14.8. The molecule has 2 fully saturated rings. The SMILES string of the molecule is CCN(CC1CCOC1)C(=O)CCC1CCNCC1. The number of carbonyl (C=O) groups is 1. The third kappa shape index (κ3) is 4.77. The number of rotatable bonds is 6. The number of carbonyl (C=O) groups excluding carboxylic acids is 1. The van der Waals surface area contributed by atoms with Crippen LogP contribution in [0.15, 0.2) is 0 Å². The number of hydrogen-bond acceptors (Lipinski definition) is 3. The molecule has 4 heteroatoms. The summed E-state index contributed by atoms with van der Waals surface area (Å²) >= 11 is 0.